The summed E-state index contributed by atoms with van der Waals surface area (Å²) in [6, 6.07) is 26.2. The van der Waals surface area contributed by atoms with E-state index in [1.807, 2.05) is 0 Å². The monoisotopic (exact) mass is 936 g/mol. The van der Waals surface area contributed by atoms with Gasteiger partial charge in [-0.1, -0.05) is 0 Å². The number of hydrogen-bond donors (Lipinski definition) is 0. The molecule has 0 radical (unpaired) electrons. The molecule has 52 heavy (non-hydrogen) atoms. The van der Waals surface area contributed by atoms with Gasteiger partial charge < -0.3 is 24.8 Å². The number of rotatable bonds is 4. The second-order valence-corrected chi connectivity index (χ2v) is 26.2. The van der Waals surface area contributed by atoms with E-state index in [-0.39, 0.29) is 46.5 Å². The van der Waals surface area contributed by atoms with E-state index in [1.54, 1.807) is 20.9 Å². The van der Waals surface area contributed by atoms with Crippen molar-refractivity contribution in [3.63, 3.8) is 0 Å². The molecule has 2 aliphatic carbocycles. The predicted molar refractivity (Wildman–Crippen MR) is 222 cm³/mol. The summed E-state index contributed by atoms with van der Waals surface area (Å²) in [6.45, 7) is 29.0. The Kier molecular flexibility index (Phi) is 13.1. The topological polar surface area (TPSA) is 0 Å². The molecule has 0 bridgehead atoms. The molecule has 0 fully saturated rings. The number of hydrogen-bond acceptors (Lipinski definition) is 0. The summed E-state index contributed by atoms with van der Waals surface area (Å²) in [5, 5.41) is 0. The standard InChI is InChI=1S/C29H41.C13H8Br2.C5H5.2ClH.Zr/c1-26(2,3)22-14-18-13-19-15-23(27(4,5)6)25(29(10,11)12)17-21(19)20(18)16-24(22)28(7,8)9;14-12-5-1-10(2-6-12)9-11-3-7-13(15)8-4-11;1-2-4-5-3-1;;;/h14,16-17H,13H2,1-12H3;1-8H;1-3H,4H2;2*1H;/q;;;;;+2/p-2. The first kappa shape index (κ1) is 43.4. The van der Waals surface area contributed by atoms with Gasteiger partial charge in [0.15, 0.2) is 0 Å². The second-order valence-electron chi connectivity index (χ2n) is 18.5. The van der Waals surface area contributed by atoms with E-state index in [1.165, 1.54) is 44.5 Å². The van der Waals surface area contributed by atoms with Gasteiger partial charge in [0, 0.05) is 0 Å². The maximum Gasteiger partial charge on any atom is -1.00 e. The van der Waals surface area contributed by atoms with E-state index in [0.29, 0.717) is 0 Å². The van der Waals surface area contributed by atoms with E-state index in [4.69, 9.17) is 0 Å². The van der Waals surface area contributed by atoms with Crippen molar-refractivity contribution in [2.75, 3.05) is 0 Å². The van der Waals surface area contributed by atoms with Crippen molar-refractivity contribution in [1.82, 2.24) is 0 Å². The fraction of sp³-hybridized carbons (Fsp3) is 0.383. The summed E-state index contributed by atoms with van der Waals surface area (Å²) in [5.41, 5.74) is 14.9. The third-order valence-corrected chi connectivity index (χ3v) is 19.1. The van der Waals surface area contributed by atoms with Crippen molar-refractivity contribution in [3.05, 3.63) is 142 Å². The SMILES string of the molecule is CC(C)(C)c1cc2c(cc1C(C)(C)C)-c1cc(C(C)(C)C)c(C(C)(C)C)[c]([Zr+2]([C]3=CC=CC3)=[C](c3ccc(Br)cc3)c3ccc(Br)cc3)c1C2.[Cl-].[Cl-]. The van der Waals surface area contributed by atoms with Crippen molar-refractivity contribution in [2.24, 2.45) is 0 Å². The van der Waals surface area contributed by atoms with Crippen LogP contribution in [0.4, 0.5) is 0 Å². The number of halogens is 4. The minimum Gasteiger partial charge on any atom is -1.00 e. The third-order valence-electron chi connectivity index (χ3n) is 10.4. The Morgan fingerprint density at radius 2 is 1.04 bits per heavy atom. The Hall–Kier alpha value is -1.35. The quantitative estimate of drug-likeness (QED) is 0.177. The third kappa shape index (κ3) is 8.55. The van der Waals surface area contributed by atoms with Crippen molar-refractivity contribution in [3.8, 4) is 11.1 Å². The molecule has 0 saturated heterocycles. The zero-order valence-electron chi connectivity index (χ0n) is 33.0. The van der Waals surface area contributed by atoms with Crippen LogP contribution in [0.2, 0.25) is 0 Å². The first-order valence-corrected chi connectivity index (χ1v) is 23.5. The van der Waals surface area contributed by atoms with Crippen LogP contribution in [-0.4, -0.2) is 3.21 Å². The van der Waals surface area contributed by atoms with Gasteiger partial charge in [-0.2, -0.15) is 0 Å². The molecule has 0 spiro atoms. The van der Waals surface area contributed by atoms with E-state index in [2.05, 4.69) is 200 Å². The average Bonchev–Trinajstić information content (AvgIpc) is 3.66. The van der Waals surface area contributed by atoms with Crippen LogP contribution in [0.3, 0.4) is 0 Å². The summed E-state index contributed by atoms with van der Waals surface area (Å²) in [6.07, 6.45) is 9.24. The molecule has 0 N–H and O–H groups in total. The molecular formula is C47H54Br2Cl2Zr. The molecule has 2 aliphatic rings. The average molecular weight is 941 g/mol. The molecule has 0 heterocycles. The van der Waals surface area contributed by atoms with Gasteiger partial charge in [0.1, 0.15) is 0 Å². The molecule has 0 nitrogen and oxygen atoms in total. The number of benzene rings is 4. The van der Waals surface area contributed by atoms with Crippen LogP contribution in [0.15, 0.2) is 97.2 Å². The Morgan fingerprint density at radius 3 is 1.46 bits per heavy atom. The van der Waals surface area contributed by atoms with Crippen LogP contribution in [0.1, 0.15) is 134 Å². The van der Waals surface area contributed by atoms with Crippen LogP contribution < -0.4 is 28.1 Å². The maximum atomic E-state index is 3.75. The van der Waals surface area contributed by atoms with Crippen molar-refractivity contribution in [1.29, 1.82) is 0 Å². The predicted octanol–water partition coefficient (Wildman–Crippen LogP) is 7.34. The Morgan fingerprint density at radius 1 is 0.577 bits per heavy atom. The molecule has 274 valence electrons. The summed E-state index contributed by atoms with van der Waals surface area (Å²) >= 11 is 4.55. The summed E-state index contributed by atoms with van der Waals surface area (Å²) in [7, 11) is 0. The van der Waals surface area contributed by atoms with E-state index >= 15 is 0 Å². The van der Waals surface area contributed by atoms with Gasteiger partial charge in [-0.15, -0.1) is 0 Å². The molecule has 0 atom stereocenters. The summed E-state index contributed by atoms with van der Waals surface area (Å²) < 4.78 is 7.18. The largest absolute Gasteiger partial charge is 1.00 e. The minimum absolute atomic E-state index is 0. The van der Waals surface area contributed by atoms with Crippen LogP contribution in [-0.2, 0) is 49.3 Å². The zero-order valence-corrected chi connectivity index (χ0v) is 40.2. The van der Waals surface area contributed by atoms with Crippen LogP contribution in [0.5, 0.6) is 0 Å². The fourth-order valence-corrected chi connectivity index (χ4v) is 17.6. The molecule has 0 amide bonds. The molecule has 4 aromatic carbocycles. The Labute approximate surface area is 351 Å². The normalized spacial score (nSPS) is 13.8. The number of allylic oxidation sites excluding steroid dienone is 4. The molecule has 0 unspecified atom stereocenters. The second kappa shape index (κ2) is 15.7. The smallest absolute Gasteiger partial charge is 1.00 e. The minimum atomic E-state index is -2.96. The van der Waals surface area contributed by atoms with E-state index in [9.17, 15) is 0 Å². The van der Waals surface area contributed by atoms with Gasteiger partial charge in [0.2, 0.25) is 0 Å². The van der Waals surface area contributed by atoms with Crippen molar-refractivity contribution in [2.45, 2.75) is 118 Å². The van der Waals surface area contributed by atoms with Gasteiger partial charge >= 0.3 is 330 Å². The summed E-state index contributed by atoms with van der Waals surface area (Å²) in [4.78, 5) is 0. The van der Waals surface area contributed by atoms with Gasteiger partial charge in [0.05, 0.1) is 0 Å². The van der Waals surface area contributed by atoms with Gasteiger partial charge in [-0.05, 0) is 0 Å². The summed E-state index contributed by atoms with van der Waals surface area (Å²) in [5.74, 6) is 0. The molecule has 0 aliphatic heterocycles. The van der Waals surface area contributed by atoms with Crippen LogP contribution in [0, 0.1) is 0 Å². The molecular weight excluding hydrogens is 886 g/mol. The van der Waals surface area contributed by atoms with Crippen molar-refractivity contribution < 1.29 is 46.1 Å². The van der Waals surface area contributed by atoms with Gasteiger partial charge in [-0.3, -0.25) is 0 Å². The van der Waals surface area contributed by atoms with Crippen molar-refractivity contribution >= 4 is 38.3 Å². The zero-order chi connectivity index (χ0) is 36.6. The van der Waals surface area contributed by atoms with Gasteiger partial charge in [0.25, 0.3) is 0 Å². The fourth-order valence-electron chi connectivity index (χ4n) is 8.03. The molecule has 6 rings (SSSR count). The maximum absolute atomic E-state index is 3.75. The van der Waals surface area contributed by atoms with E-state index in [0.717, 1.165) is 21.8 Å². The first-order valence-electron chi connectivity index (χ1n) is 18.2. The molecule has 0 saturated carbocycles. The van der Waals surface area contributed by atoms with E-state index < -0.39 is 21.3 Å². The van der Waals surface area contributed by atoms with Crippen LogP contribution >= 0.6 is 31.9 Å². The molecule has 4 aromatic rings. The first-order chi connectivity index (χ1) is 23.2. The molecule has 0 aromatic heterocycles. The number of fused-ring (bicyclic) bond motifs is 3. The van der Waals surface area contributed by atoms with Crippen LogP contribution in [0.25, 0.3) is 11.1 Å². The Balaban J connectivity index is 0.00000302. The molecule has 5 heteroatoms. The van der Waals surface area contributed by atoms with Gasteiger partial charge in [-0.25, -0.2) is 0 Å². The Bertz CT molecular complexity index is 2020.